The van der Waals surface area contributed by atoms with Gasteiger partial charge in [0.1, 0.15) is 0 Å². The van der Waals surface area contributed by atoms with Gasteiger partial charge < -0.3 is 10.2 Å². The van der Waals surface area contributed by atoms with Crippen molar-refractivity contribution in [3.05, 3.63) is 29.8 Å². The molecule has 1 aromatic rings. The van der Waals surface area contributed by atoms with E-state index in [0.29, 0.717) is 12.8 Å². The Balaban J connectivity index is 1.33. The van der Waals surface area contributed by atoms with Crippen LogP contribution in [-0.4, -0.2) is 38.0 Å². The van der Waals surface area contributed by atoms with Gasteiger partial charge in [-0.1, -0.05) is 12.1 Å². The number of carbonyl (C=O) groups excluding carboxylic acids is 2. The Bertz CT molecular complexity index is 631. The SMILES string of the molecule is O=C1CCC(c2ccc(N3CCC(CC4CNC4)CC3)cc2)C(=O)N1. The van der Waals surface area contributed by atoms with Crippen LogP contribution in [0.4, 0.5) is 5.69 Å². The number of benzene rings is 1. The van der Waals surface area contributed by atoms with Gasteiger partial charge in [0.05, 0.1) is 5.92 Å². The third-order valence-electron chi connectivity index (χ3n) is 6.05. The lowest BCUT2D eigenvalue weighted by Crippen LogP contribution is -2.44. The van der Waals surface area contributed by atoms with Crippen LogP contribution in [0.15, 0.2) is 24.3 Å². The number of hydrogen-bond acceptors (Lipinski definition) is 4. The fourth-order valence-corrected chi connectivity index (χ4v) is 4.34. The number of nitrogens with one attached hydrogen (secondary N) is 2. The minimum absolute atomic E-state index is 0.154. The highest BCUT2D eigenvalue weighted by Gasteiger charge is 2.28. The topological polar surface area (TPSA) is 61.4 Å². The lowest BCUT2D eigenvalue weighted by atomic mass is 9.84. The maximum absolute atomic E-state index is 12.0. The Labute approximate surface area is 149 Å². The largest absolute Gasteiger partial charge is 0.372 e. The number of anilines is 1. The molecule has 1 atom stereocenters. The molecule has 0 bridgehead atoms. The van der Waals surface area contributed by atoms with Crippen molar-refractivity contribution < 1.29 is 9.59 Å². The minimum atomic E-state index is -0.187. The molecule has 0 radical (unpaired) electrons. The standard InChI is InChI=1S/C20H27N3O2/c24-19-6-5-18(20(25)22-19)16-1-3-17(4-2-16)23-9-7-14(8-10-23)11-15-12-21-13-15/h1-4,14-15,18,21H,5-13H2,(H,22,24,25). The minimum Gasteiger partial charge on any atom is -0.372 e. The van der Waals surface area contributed by atoms with Crippen LogP contribution >= 0.6 is 0 Å². The molecule has 25 heavy (non-hydrogen) atoms. The quantitative estimate of drug-likeness (QED) is 0.823. The van der Waals surface area contributed by atoms with Crippen LogP contribution in [-0.2, 0) is 9.59 Å². The van der Waals surface area contributed by atoms with Gasteiger partial charge in [-0.05, 0) is 68.3 Å². The van der Waals surface area contributed by atoms with E-state index in [1.807, 2.05) is 0 Å². The van der Waals surface area contributed by atoms with E-state index in [1.165, 1.54) is 38.0 Å². The second-order valence-electron chi connectivity index (χ2n) is 7.79. The van der Waals surface area contributed by atoms with Crippen molar-refractivity contribution in [2.45, 2.75) is 38.0 Å². The summed E-state index contributed by atoms with van der Waals surface area (Å²) in [6, 6.07) is 8.38. The normalized spacial score (nSPS) is 25.6. The lowest BCUT2D eigenvalue weighted by Gasteiger charge is -2.37. The fourth-order valence-electron chi connectivity index (χ4n) is 4.34. The number of piperidine rings is 2. The van der Waals surface area contributed by atoms with Gasteiger partial charge in [0.2, 0.25) is 11.8 Å². The Morgan fingerprint density at radius 1 is 0.960 bits per heavy atom. The predicted octanol–water partition coefficient (Wildman–Crippen LogP) is 2.03. The number of amides is 2. The molecule has 5 nitrogen and oxygen atoms in total. The van der Waals surface area contributed by atoms with Crippen LogP contribution in [0.1, 0.15) is 43.6 Å². The second-order valence-corrected chi connectivity index (χ2v) is 7.79. The number of imide groups is 1. The summed E-state index contributed by atoms with van der Waals surface area (Å²) >= 11 is 0. The van der Waals surface area contributed by atoms with Gasteiger partial charge in [-0.15, -0.1) is 0 Å². The molecule has 3 aliphatic heterocycles. The number of rotatable bonds is 4. The van der Waals surface area contributed by atoms with Crippen molar-refractivity contribution in [2.24, 2.45) is 11.8 Å². The van der Waals surface area contributed by atoms with Gasteiger partial charge in [-0.25, -0.2) is 0 Å². The first-order valence-corrected chi connectivity index (χ1v) is 9.58. The maximum atomic E-state index is 12.0. The van der Waals surface area contributed by atoms with Crippen LogP contribution in [0.25, 0.3) is 0 Å². The van der Waals surface area contributed by atoms with Gasteiger partial charge in [-0.2, -0.15) is 0 Å². The highest BCUT2D eigenvalue weighted by atomic mass is 16.2. The summed E-state index contributed by atoms with van der Waals surface area (Å²) in [5.41, 5.74) is 2.26. The molecule has 2 amide bonds. The van der Waals surface area contributed by atoms with E-state index >= 15 is 0 Å². The zero-order valence-corrected chi connectivity index (χ0v) is 14.7. The van der Waals surface area contributed by atoms with Crippen molar-refractivity contribution in [3.8, 4) is 0 Å². The van der Waals surface area contributed by atoms with E-state index in [9.17, 15) is 9.59 Å². The van der Waals surface area contributed by atoms with Gasteiger partial charge in [-0.3, -0.25) is 14.9 Å². The number of carbonyl (C=O) groups is 2. The zero-order valence-electron chi connectivity index (χ0n) is 14.7. The molecular weight excluding hydrogens is 314 g/mol. The average Bonchev–Trinajstić information content (AvgIpc) is 2.59. The maximum Gasteiger partial charge on any atom is 0.234 e. The first-order chi connectivity index (χ1) is 12.2. The van der Waals surface area contributed by atoms with E-state index in [1.54, 1.807) is 0 Å². The van der Waals surface area contributed by atoms with E-state index in [4.69, 9.17) is 0 Å². The molecule has 4 rings (SSSR count). The van der Waals surface area contributed by atoms with Crippen LogP contribution in [0.3, 0.4) is 0 Å². The Morgan fingerprint density at radius 3 is 2.28 bits per heavy atom. The van der Waals surface area contributed by atoms with Crippen molar-refractivity contribution in [1.82, 2.24) is 10.6 Å². The van der Waals surface area contributed by atoms with Crippen LogP contribution in [0.2, 0.25) is 0 Å². The third kappa shape index (κ3) is 3.71. The molecule has 1 aromatic carbocycles. The van der Waals surface area contributed by atoms with Crippen molar-refractivity contribution >= 4 is 17.5 Å². The summed E-state index contributed by atoms with van der Waals surface area (Å²) in [7, 11) is 0. The second kappa shape index (κ2) is 7.16. The molecular formula is C20H27N3O2. The third-order valence-corrected chi connectivity index (χ3v) is 6.05. The van der Waals surface area contributed by atoms with Crippen molar-refractivity contribution in [2.75, 3.05) is 31.1 Å². The van der Waals surface area contributed by atoms with Crippen molar-refractivity contribution in [1.29, 1.82) is 0 Å². The summed E-state index contributed by atoms with van der Waals surface area (Å²) in [5.74, 6) is 1.29. The molecule has 0 aromatic heterocycles. The van der Waals surface area contributed by atoms with Gasteiger partial charge >= 0.3 is 0 Å². The summed E-state index contributed by atoms with van der Waals surface area (Å²) in [6.07, 6.45) is 5.00. The van der Waals surface area contributed by atoms with Crippen LogP contribution in [0, 0.1) is 11.8 Å². The molecule has 3 heterocycles. The smallest absolute Gasteiger partial charge is 0.234 e. The molecule has 134 valence electrons. The van der Waals surface area contributed by atoms with Crippen molar-refractivity contribution in [3.63, 3.8) is 0 Å². The number of hydrogen-bond donors (Lipinski definition) is 2. The highest BCUT2D eigenvalue weighted by molar-refractivity contribution is 6.00. The summed E-state index contributed by atoms with van der Waals surface area (Å²) < 4.78 is 0. The summed E-state index contributed by atoms with van der Waals surface area (Å²) in [4.78, 5) is 25.7. The highest BCUT2D eigenvalue weighted by Crippen LogP contribution is 2.30. The molecule has 0 aliphatic carbocycles. The van der Waals surface area contributed by atoms with E-state index in [2.05, 4.69) is 39.8 Å². The molecule has 3 fully saturated rings. The summed E-state index contributed by atoms with van der Waals surface area (Å²) in [5, 5.41) is 5.81. The molecule has 1 unspecified atom stereocenters. The molecule has 3 saturated heterocycles. The predicted molar refractivity (Wildman–Crippen MR) is 97.5 cm³/mol. The fraction of sp³-hybridized carbons (Fsp3) is 0.600. The first kappa shape index (κ1) is 16.6. The summed E-state index contributed by atoms with van der Waals surface area (Å²) in [6.45, 7) is 4.68. The monoisotopic (exact) mass is 341 g/mol. The molecule has 0 spiro atoms. The Kier molecular flexibility index (Phi) is 4.75. The molecule has 5 heteroatoms. The lowest BCUT2D eigenvalue weighted by molar-refractivity contribution is -0.134. The first-order valence-electron chi connectivity index (χ1n) is 9.58. The van der Waals surface area contributed by atoms with E-state index in [-0.39, 0.29) is 17.7 Å². The van der Waals surface area contributed by atoms with E-state index < -0.39 is 0 Å². The van der Waals surface area contributed by atoms with Gasteiger partial charge in [0.25, 0.3) is 0 Å². The van der Waals surface area contributed by atoms with Crippen LogP contribution in [0.5, 0.6) is 0 Å². The van der Waals surface area contributed by atoms with Crippen LogP contribution < -0.4 is 15.5 Å². The Morgan fingerprint density at radius 2 is 1.68 bits per heavy atom. The molecule has 2 N–H and O–H groups in total. The van der Waals surface area contributed by atoms with Gasteiger partial charge in [0.15, 0.2) is 0 Å². The average molecular weight is 341 g/mol. The van der Waals surface area contributed by atoms with E-state index in [0.717, 1.165) is 30.5 Å². The zero-order chi connectivity index (χ0) is 17.2. The molecule has 3 aliphatic rings. The Hall–Kier alpha value is -1.88. The molecule has 0 saturated carbocycles. The van der Waals surface area contributed by atoms with Gasteiger partial charge in [0, 0.05) is 25.2 Å². The number of nitrogens with zero attached hydrogens (tertiary/aromatic N) is 1.